The lowest BCUT2D eigenvalue weighted by atomic mass is 10.0. The van der Waals surface area contributed by atoms with E-state index in [1.807, 2.05) is 0 Å². The highest BCUT2D eigenvalue weighted by atomic mass is 19.4. The largest absolute Gasteiger partial charge is 0.497 e. The van der Waals surface area contributed by atoms with Crippen molar-refractivity contribution in [2.24, 2.45) is 0 Å². The Morgan fingerprint density at radius 1 is 0.956 bits per heavy atom. The number of carbonyl (C=O) groups excluding carboxylic acids is 3. The first-order valence-corrected chi connectivity index (χ1v) is 14.7. The van der Waals surface area contributed by atoms with Gasteiger partial charge in [-0.2, -0.15) is 18.4 Å². The van der Waals surface area contributed by atoms with Gasteiger partial charge in [0.1, 0.15) is 11.5 Å². The molecule has 2 heterocycles. The van der Waals surface area contributed by atoms with Crippen molar-refractivity contribution in [2.75, 3.05) is 57.2 Å². The van der Waals surface area contributed by atoms with Gasteiger partial charge in [-0.3, -0.25) is 14.5 Å². The number of amides is 4. The Kier molecular flexibility index (Phi) is 10.7. The number of nitrogens with one attached hydrogen (secondary N) is 1. The van der Waals surface area contributed by atoms with Crippen LogP contribution >= 0.6 is 0 Å². The van der Waals surface area contributed by atoms with E-state index in [0.29, 0.717) is 54.8 Å². The molecule has 10 nitrogen and oxygen atoms in total. The van der Waals surface area contributed by atoms with E-state index >= 15 is 0 Å². The number of imide groups is 1. The lowest BCUT2D eigenvalue weighted by Gasteiger charge is -2.34. The molecule has 1 fully saturated rings. The molecule has 0 saturated carbocycles. The monoisotopic (exact) mass is 627 g/mol. The Hall–Kier alpha value is -4.57. The minimum absolute atomic E-state index is 0.204. The number of piperazine rings is 1. The molecule has 2 aromatic rings. The van der Waals surface area contributed by atoms with Gasteiger partial charge in [0.2, 0.25) is 0 Å². The number of hydrogen-bond acceptors (Lipinski definition) is 7. The van der Waals surface area contributed by atoms with Gasteiger partial charge in [0.15, 0.2) is 0 Å². The molecule has 13 heteroatoms. The molecule has 0 aromatic heterocycles. The minimum atomic E-state index is -4.80. The van der Waals surface area contributed by atoms with Crippen molar-refractivity contribution < 1.29 is 37.0 Å². The number of ether oxygens (including phenoxy) is 2. The number of anilines is 2. The van der Waals surface area contributed by atoms with Gasteiger partial charge in [-0.1, -0.05) is 12.8 Å². The number of nitriles is 1. The van der Waals surface area contributed by atoms with Crippen LogP contribution in [0, 0.1) is 11.3 Å². The standard InChI is InChI=1S/C32H36F3N5O5/c1-21-25(30(42)40(29(21)41)23-10-9-22(20-36)26(18-23)32(33,34)35)8-6-4-5-7-13-38-14-16-39(17-15-38)31(43)37-27-19-24(44-2)11-12-28(27)45-3/h9-12,18-19H,4-8,13-17H2,1-3H3,(H,37,43). The smallest absolute Gasteiger partial charge is 0.417 e. The summed E-state index contributed by atoms with van der Waals surface area (Å²) in [7, 11) is 3.09. The third-order valence-electron chi connectivity index (χ3n) is 8.08. The molecule has 2 aliphatic heterocycles. The van der Waals surface area contributed by atoms with E-state index in [1.54, 1.807) is 30.2 Å². The first kappa shape index (κ1) is 33.3. The third kappa shape index (κ3) is 7.75. The van der Waals surface area contributed by atoms with E-state index < -0.39 is 29.1 Å². The summed E-state index contributed by atoms with van der Waals surface area (Å²) in [5.74, 6) is -0.120. The fraction of sp³-hybridized carbons (Fsp3) is 0.438. The van der Waals surface area contributed by atoms with E-state index in [1.165, 1.54) is 26.2 Å². The molecule has 0 aliphatic carbocycles. The molecule has 0 atom stereocenters. The molecule has 0 bridgehead atoms. The maximum Gasteiger partial charge on any atom is 0.417 e. The highest BCUT2D eigenvalue weighted by Crippen LogP contribution is 2.37. The Morgan fingerprint density at radius 2 is 1.67 bits per heavy atom. The number of nitrogens with zero attached hydrogens (tertiary/aromatic N) is 4. The van der Waals surface area contributed by atoms with Gasteiger partial charge in [0, 0.05) is 43.4 Å². The van der Waals surface area contributed by atoms with Gasteiger partial charge in [-0.05, 0) is 63.1 Å². The maximum atomic E-state index is 13.4. The lowest BCUT2D eigenvalue weighted by molar-refractivity contribution is -0.138. The molecule has 2 aromatic carbocycles. The second-order valence-corrected chi connectivity index (χ2v) is 10.9. The summed E-state index contributed by atoms with van der Waals surface area (Å²) in [6.07, 6.45) is -1.15. The fourth-order valence-corrected chi connectivity index (χ4v) is 5.49. The van der Waals surface area contributed by atoms with Crippen molar-refractivity contribution in [3.8, 4) is 17.6 Å². The molecular weight excluding hydrogens is 591 g/mol. The average Bonchev–Trinajstić information content (AvgIpc) is 3.24. The molecule has 0 spiro atoms. The Labute approximate surface area is 260 Å². The van der Waals surface area contributed by atoms with Crippen LogP contribution in [0.2, 0.25) is 0 Å². The number of urea groups is 1. The van der Waals surface area contributed by atoms with Crippen LogP contribution in [0.1, 0.15) is 50.2 Å². The normalized spacial score (nSPS) is 15.8. The summed E-state index contributed by atoms with van der Waals surface area (Å²) in [6.45, 7) is 5.03. The zero-order valence-electron chi connectivity index (χ0n) is 25.5. The van der Waals surface area contributed by atoms with Gasteiger partial charge in [-0.15, -0.1) is 0 Å². The van der Waals surface area contributed by atoms with Crippen LogP contribution in [0.5, 0.6) is 11.5 Å². The highest BCUT2D eigenvalue weighted by Gasteiger charge is 2.39. The van der Waals surface area contributed by atoms with Crippen molar-refractivity contribution in [1.82, 2.24) is 9.80 Å². The summed E-state index contributed by atoms with van der Waals surface area (Å²) < 4.78 is 50.9. The van der Waals surface area contributed by atoms with Crippen LogP contribution in [0.15, 0.2) is 47.5 Å². The summed E-state index contributed by atoms with van der Waals surface area (Å²) in [6, 6.07) is 9.33. The van der Waals surface area contributed by atoms with Crippen molar-refractivity contribution >= 4 is 29.2 Å². The molecule has 1 N–H and O–H groups in total. The third-order valence-corrected chi connectivity index (χ3v) is 8.08. The van der Waals surface area contributed by atoms with E-state index in [4.69, 9.17) is 14.7 Å². The zero-order valence-corrected chi connectivity index (χ0v) is 25.5. The number of halogens is 3. The van der Waals surface area contributed by atoms with Gasteiger partial charge in [-0.25, -0.2) is 9.69 Å². The first-order valence-electron chi connectivity index (χ1n) is 14.7. The molecule has 240 valence electrons. The van der Waals surface area contributed by atoms with Crippen molar-refractivity contribution in [1.29, 1.82) is 5.26 Å². The predicted octanol–water partition coefficient (Wildman–Crippen LogP) is 5.58. The summed E-state index contributed by atoms with van der Waals surface area (Å²) in [4.78, 5) is 43.5. The summed E-state index contributed by atoms with van der Waals surface area (Å²) >= 11 is 0. The molecule has 1 saturated heterocycles. The first-order chi connectivity index (χ1) is 21.5. The Bertz CT molecular complexity index is 1510. The van der Waals surface area contributed by atoms with Crippen LogP contribution in [0.25, 0.3) is 0 Å². The topological polar surface area (TPSA) is 115 Å². The lowest BCUT2D eigenvalue weighted by Crippen LogP contribution is -2.50. The zero-order chi connectivity index (χ0) is 32.7. The van der Waals surface area contributed by atoms with Gasteiger partial charge >= 0.3 is 12.2 Å². The van der Waals surface area contributed by atoms with Crippen LogP contribution in [0.4, 0.5) is 29.3 Å². The molecule has 4 rings (SSSR count). The van der Waals surface area contributed by atoms with Crippen molar-refractivity contribution in [3.05, 3.63) is 58.7 Å². The van der Waals surface area contributed by atoms with Crippen molar-refractivity contribution in [2.45, 2.75) is 45.2 Å². The number of rotatable bonds is 11. The molecule has 0 unspecified atom stereocenters. The number of benzene rings is 2. The van der Waals surface area contributed by atoms with E-state index in [2.05, 4.69) is 10.2 Å². The fourth-order valence-electron chi connectivity index (χ4n) is 5.49. The molecule has 4 amide bonds. The Balaban J connectivity index is 1.19. The number of carbonyl (C=O) groups is 3. The highest BCUT2D eigenvalue weighted by molar-refractivity contribution is 6.32. The van der Waals surface area contributed by atoms with Crippen molar-refractivity contribution in [3.63, 3.8) is 0 Å². The molecule has 45 heavy (non-hydrogen) atoms. The van der Waals surface area contributed by atoms with Gasteiger partial charge in [0.25, 0.3) is 11.8 Å². The Morgan fingerprint density at radius 3 is 2.31 bits per heavy atom. The van der Waals surface area contributed by atoms with Crippen LogP contribution in [-0.2, 0) is 15.8 Å². The summed E-state index contributed by atoms with van der Waals surface area (Å²) in [5.41, 5.74) is -0.899. The number of alkyl halides is 3. The number of hydrogen-bond donors (Lipinski definition) is 1. The average molecular weight is 628 g/mol. The molecule has 0 radical (unpaired) electrons. The second kappa shape index (κ2) is 14.5. The van der Waals surface area contributed by atoms with E-state index in [0.717, 1.165) is 49.9 Å². The maximum absolute atomic E-state index is 13.4. The number of methoxy groups -OCH3 is 2. The SMILES string of the molecule is COc1ccc(OC)c(NC(=O)N2CCN(CCCCCCC3=C(C)C(=O)N(c4ccc(C#N)c(C(F)(F)F)c4)C3=O)CC2)c1. The van der Waals surface area contributed by atoms with E-state index in [-0.39, 0.29) is 17.3 Å². The van der Waals surface area contributed by atoms with Gasteiger partial charge < -0.3 is 19.7 Å². The predicted molar refractivity (Wildman–Crippen MR) is 161 cm³/mol. The van der Waals surface area contributed by atoms with E-state index in [9.17, 15) is 27.6 Å². The summed E-state index contributed by atoms with van der Waals surface area (Å²) in [5, 5.41) is 11.9. The van der Waals surface area contributed by atoms with Crippen LogP contribution < -0.4 is 19.7 Å². The molecule has 2 aliphatic rings. The number of unbranched alkanes of at least 4 members (excludes halogenated alkanes) is 3. The van der Waals surface area contributed by atoms with Crippen LogP contribution in [-0.4, -0.2) is 74.6 Å². The van der Waals surface area contributed by atoms with Gasteiger partial charge in [0.05, 0.1) is 42.8 Å². The minimum Gasteiger partial charge on any atom is -0.497 e. The molecular formula is C32H36F3N5O5. The second-order valence-electron chi connectivity index (χ2n) is 10.9. The quantitative estimate of drug-likeness (QED) is 0.255. The van der Waals surface area contributed by atoms with Crippen LogP contribution in [0.3, 0.4) is 0 Å².